The molecule has 5 nitrogen and oxygen atoms in total. The number of piperidine rings is 1. The second-order valence-corrected chi connectivity index (χ2v) is 7.20. The highest BCUT2D eigenvalue weighted by atomic mass is 16.2. The van der Waals surface area contributed by atoms with Crippen LogP contribution in [0.4, 0.5) is 0 Å². The molecular weight excluding hydrogens is 300 g/mol. The van der Waals surface area contributed by atoms with Gasteiger partial charge in [0.25, 0.3) is 0 Å². The Labute approximate surface area is 143 Å². The second kappa shape index (κ2) is 6.83. The number of rotatable bonds is 3. The van der Waals surface area contributed by atoms with Crippen molar-refractivity contribution >= 4 is 5.91 Å². The van der Waals surface area contributed by atoms with Crippen LogP contribution in [0.15, 0.2) is 43.0 Å². The molecule has 0 N–H and O–H groups in total. The first kappa shape index (κ1) is 15.5. The number of amides is 1. The third-order valence-electron chi connectivity index (χ3n) is 5.70. The Morgan fingerprint density at radius 3 is 2.42 bits per heavy atom. The molecule has 1 amide bonds. The molecule has 1 unspecified atom stereocenters. The van der Waals surface area contributed by atoms with Crippen LogP contribution >= 0.6 is 0 Å². The van der Waals surface area contributed by atoms with Gasteiger partial charge in [-0.25, -0.2) is 0 Å². The van der Waals surface area contributed by atoms with Gasteiger partial charge < -0.3 is 9.47 Å². The first-order valence-electron chi connectivity index (χ1n) is 9.21. The molecule has 2 aromatic heterocycles. The van der Waals surface area contributed by atoms with Gasteiger partial charge in [-0.05, 0) is 56.7 Å². The minimum absolute atomic E-state index is 0.216. The van der Waals surface area contributed by atoms with Gasteiger partial charge in [0.05, 0.1) is 6.04 Å². The van der Waals surface area contributed by atoms with Gasteiger partial charge in [-0.3, -0.25) is 9.48 Å². The van der Waals surface area contributed by atoms with Gasteiger partial charge >= 0.3 is 0 Å². The van der Waals surface area contributed by atoms with E-state index >= 15 is 0 Å². The zero-order chi connectivity index (χ0) is 16.4. The van der Waals surface area contributed by atoms with Crippen molar-refractivity contribution < 1.29 is 4.79 Å². The predicted octanol–water partition coefficient (Wildman–Crippen LogP) is 3.28. The van der Waals surface area contributed by atoms with Crippen LogP contribution in [-0.4, -0.2) is 38.2 Å². The summed E-state index contributed by atoms with van der Waals surface area (Å²) in [4.78, 5) is 15.0. The Bertz CT molecular complexity index is 641. The van der Waals surface area contributed by atoms with E-state index in [1.165, 1.54) is 0 Å². The Hall–Kier alpha value is -2.04. The van der Waals surface area contributed by atoms with E-state index < -0.39 is 0 Å². The van der Waals surface area contributed by atoms with Crippen molar-refractivity contribution in [1.82, 2.24) is 19.2 Å². The second-order valence-electron chi connectivity index (χ2n) is 7.20. The van der Waals surface area contributed by atoms with E-state index in [0.717, 1.165) is 51.6 Å². The van der Waals surface area contributed by atoms with Gasteiger partial charge in [-0.2, -0.15) is 5.10 Å². The lowest BCUT2D eigenvalue weighted by molar-refractivity contribution is -0.138. The summed E-state index contributed by atoms with van der Waals surface area (Å²) in [6.07, 6.45) is 14.6. The Balaban J connectivity index is 1.34. The van der Waals surface area contributed by atoms with Gasteiger partial charge in [-0.1, -0.05) is 0 Å². The lowest BCUT2D eigenvalue weighted by atomic mass is 9.84. The van der Waals surface area contributed by atoms with Crippen molar-refractivity contribution in [2.45, 2.75) is 50.6 Å². The minimum Gasteiger partial charge on any atom is -0.351 e. The van der Waals surface area contributed by atoms with E-state index in [2.05, 4.69) is 39.1 Å². The first-order valence-corrected chi connectivity index (χ1v) is 9.21. The number of hydrogen-bond donors (Lipinski definition) is 0. The maximum atomic E-state index is 13.0. The molecule has 4 rings (SSSR count). The molecule has 2 fully saturated rings. The summed E-state index contributed by atoms with van der Waals surface area (Å²) in [6.45, 7) is 1.73. The van der Waals surface area contributed by atoms with Crippen molar-refractivity contribution in [2.75, 3.05) is 13.1 Å². The molecule has 0 spiro atoms. The molecule has 128 valence electrons. The van der Waals surface area contributed by atoms with Gasteiger partial charge in [-0.15, -0.1) is 0 Å². The normalized spacial score (nSPS) is 28.0. The zero-order valence-electron chi connectivity index (χ0n) is 14.1. The van der Waals surface area contributed by atoms with Crippen LogP contribution < -0.4 is 0 Å². The topological polar surface area (TPSA) is 43.1 Å². The third-order valence-corrected chi connectivity index (χ3v) is 5.70. The smallest absolute Gasteiger partial charge is 0.225 e. The van der Waals surface area contributed by atoms with E-state index in [0.29, 0.717) is 18.0 Å². The average molecular weight is 326 g/mol. The van der Waals surface area contributed by atoms with E-state index in [4.69, 9.17) is 0 Å². The van der Waals surface area contributed by atoms with E-state index in [1.54, 1.807) is 0 Å². The molecule has 1 aliphatic carbocycles. The summed E-state index contributed by atoms with van der Waals surface area (Å²) < 4.78 is 4.32. The first-order chi connectivity index (χ1) is 11.8. The summed E-state index contributed by atoms with van der Waals surface area (Å²) >= 11 is 0. The van der Waals surface area contributed by atoms with Crippen molar-refractivity contribution in [3.8, 4) is 0 Å². The van der Waals surface area contributed by atoms with Crippen molar-refractivity contribution in [3.63, 3.8) is 0 Å². The van der Waals surface area contributed by atoms with Crippen molar-refractivity contribution in [3.05, 3.63) is 43.0 Å². The summed E-state index contributed by atoms with van der Waals surface area (Å²) in [6, 6.07) is 7.04. The lowest BCUT2D eigenvalue weighted by Gasteiger charge is -2.37. The summed E-state index contributed by atoms with van der Waals surface area (Å²) in [5, 5.41) is 4.36. The molecule has 1 saturated heterocycles. The van der Waals surface area contributed by atoms with Crippen LogP contribution in [0.3, 0.4) is 0 Å². The van der Waals surface area contributed by atoms with E-state index in [1.807, 2.05) is 23.1 Å². The Morgan fingerprint density at radius 1 is 0.917 bits per heavy atom. The molecule has 0 bridgehead atoms. The Kier molecular flexibility index (Phi) is 4.41. The molecule has 0 aromatic carbocycles. The quantitative estimate of drug-likeness (QED) is 0.869. The molecule has 3 heterocycles. The number of likely N-dealkylation sites (tertiary alicyclic amines) is 1. The van der Waals surface area contributed by atoms with Crippen LogP contribution in [0, 0.1) is 5.92 Å². The highest BCUT2D eigenvalue weighted by Gasteiger charge is 2.32. The molecule has 2 aliphatic rings. The fourth-order valence-corrected chi connectivity index (χ4v) is 4.34. The average Bonchev–Trinajstić information content (AvgIpc) is 3.35. The Morgan fingerprint density at radius 2 is 1.71 bits per heavy atom. The third kappa shape index (κ3) is 3.12. The maximum Gasteiger partial charge on any atom is 0.225 e. The molecule has 0 radical (unpaired) electrons. The standard InChI is InChI=1S/C19H26N4O/c24-19(16-6-8-17(9-7-16)21-11-1-2-12-21)22-13-3-5-18(15-22)23-14-4-10-20-23/h1-2,4,10-12,14,16-18H,3,5-9,13,15H2. The molecule has 1 atom stereocenters. The van der Waals surface area contributed by atoms with Gasteiger partial charge in [0.2, 0.25) is 5.91 Å². The van der Waals surface area contributed by atoms with Crippen LogP contribution in [0.25, 0.3) is 0 Å². The highest BCUT2D eigenvalue weighted by molar-refractivity contribution is 5.79. The monoisotopic (exact) mass is 326 g/mol. The number of carbonyl (C=O) groups excluding carboxylic acids is 1. The lowest BCUT2D eigenvalue weighted by Crippen LogP contribution is -2.44. The number of hydrogen-bond acceptors (Lipinski definition) is 2. The molecule has 24 heavy (non-hydrogen) atoms. The number of carbonyl (C=O) groups is 1. The highest BCUT2D eigenvalue weighted by Crippen LogP contribution is 2.34. The summed E-state index contributed by atoms with van der Waals surface area (Å²) in [5.74, 6) is 0.589. The predicted molar refractivity (Wildman–Crippen MR) is 92.5 cm³/mol. The SMILES string of the molecule is O=C(C1CCC(n2cccc2)CC1)N1CCCC(n2cccn2)C1. The van der Waals surface area contributed by atoms with Crippen LogP contribution in [0.5, 0.6) is 0 Å². The van der Waals surface area contributed by atoms with Crippen molar-refractivity contribution in [1.29, 1.82) is 0 Å². The molecule has 1 aliphatic heterocycles. The van der Waals surface area contributed by atoms with Crippen LogP contribution in [0.2, 0.25) is 0 Å². The molecular formula is C19H26N4O. The van der Waals surface area contributed by atoms with Gasteiger partial charge in [0.15, 0.2) is 0 Å². The van der Waals surface area contributed by atoms with E-state index in [9.17, 15) is 4.79 Å². The molecule has 5 heteroatoms. The fraction of sp³-hybridized carbons (Fsp3) is 0.579. The largest absolute Gasteiger partial charge is 0.351 e. The summed E-state index contributed by atoms with van der Waals surface area (Å²) in [7, 11) is 0. The molecule has 1 saturated carbocycles. The van der Waals surface area contributed by atoms with Crippen LogP contribution in [0.1, 0.15) is 50.6 Å². The van der Waals surface area contributed by atoms with Gasteiger partial charge in [0, 0.05) is 49.8 Å². The van der Waals surface area contributed by atoms with Gasteiger partial charge in [0.1, 0.15) is 0 Å². The zero-order valence-corrected chi connectivity index (χ0v) is 14.1. The van der Waals surface area contributed by atoms with Crippen molar-refractivity contribution in [2.24, 2.45) is 5.92 Å². The number of nitrogens with zero attached hydrogens (tertiary/aromatic N) is 4. The van der Waals surface area contributed by atoms with Crippen LogP contribution in [-0.2, 0) is 4.79 Å². The molecule has 2 aromatic rings. The summed E-state index contributed by atoms with van der Waals surface area (Å²) in [5.41, 5.74) is 0. The number of aromatic nitrogens is 3. The maximum absolute atomic E-state index is 13.0. The fourth-order valence-electron chi connectivity index (χ4n) is 4.34. The van der Waals surface area contributed by atoms with E-state index in [-0.39, 0.29) is 5.92 Å². The minimum atomic E-state index is 0.216.